The van der Waals surface area contributed by atoms with Gasteiger partial charge in [0.05, 0.1) is 0 Å². The van der Waals surface area contributed by atoms with Gasteiger partial charge < -0.3 is 0 Å². The van der Waals surface area contributed by atoms with Crippen molar-refractivity contribution < 1.29 is 26.3 Å². The molecule has 0 aliphatic carbocycles. The number of hydrogen-bond donors (Lipinski definition) is 0. The summed E-state index contributed by atoms with van der Waals surface area (Å²) in [6.07, 6.45) is -5.94. The van der Waals surface area contributed by atoms with E-state index in [1.807, 2.05) is 0 Å². The Morgan fingerprint density at radius 1 is 1.00 bits per heavy atom. The Kier molecular flexibility index (Phi) is 2.69. The first-order valence-electron chi connectivity index (χ1n) is 2.30. The fourth-order valence-electron chi connectivity index (χ4n) is 0.287. The van der Waals surface area contributed by atoms with E-state index in [2.05, 4.69) is 0 Å². The molecule has 1 atom stereocenters. The second-order valence-electron chi connectivity index (χ2n) is 1.77. The van der Waals surface area contributed by atoms with Crippen LogP contribution in [0.15, 0.2) is 0 Å². The lowest BCUT2D eigenvalue weighted by Gasteiger charge is -2.24. The minimum atomic E-state index is -5.94. The van der Waals surface area contributed by atoms with Gasteiger partial charge in [-0.25, -0.2) is 4.39 Å². The average molecular weight is 256 g/mol. The van der Waals surface area contributed by atoms with Gasteiger partial charge >= 0.3 is 16.7 Å². The van der Waals surface area contributed by atoms with Crippen molar-refractivity contribution >= 4 is 15.9 Å². The Hall–Kier alpha value is -0.450. The van der Waals surface area contributed by atoms with Crippen LogP contribution in [0.5, 0.6) is 0 Å². The van der Waals surface area contributed by atoms with Gasteiger partial charge in [0, 0.05) is 0 Å². The molecule has 0 aromatic heterocycles. The summed E-state index contributed by atoms with van der Waals surface area (Å²) in [5.74, 6) is 0. The van der Waals surface area contributed by atoms with E-state index in [1.54, 1.807) is 0 Å². The smallest absolute Gasteiger partial charge is 0.209 e. The van der Waals surface area contributed by atoms with E-state index < -0.39 is 16.7 Å². The van der Waals surface area contributed by atoms with Crippen molar-refractivity contribution in [3.05, 3.63) is 0 Å². The third kappa shape index (κ3) is 1.65. The zero-order valence-electron chi connectivity index (χ0n) is 5.09. The Morgan fingerprint density at radius 3 is 1.33 bits per heavy atom. The number of hydrogen-bond acceptors (Lipinski definition) is 1. The topological polar surface area (TPSA) is 23.8 Å². The van der Waals surface area contributed by atoms with E-state index in [0.717, 1.165) is 15.9 Å². The van der Waals surface area contributed by atoms with Crippen LogP contribution in [-0.2, 0) is 0 Å². The fraction of sp³-hybridized carbons (Fsp3) is 0.750. The number of nitrogens with zero attached hydrogens (tertiary/aromatic N) is 1. The minimum absolute atomic E-state index is 0.130. The summed E-state index contributed by atoms with van der Waals surface area (Å²) in [6, 6.07) is -0.130. The zero-order chi connectivity index (χ0) is 10.2. The van der Waals surface area contributed by atoms with Crippen molar-refractivity contribution in [2.75, 3.05) is 0 Å². The highest BCUT2D eigenvalue weighted by Gasteiger charge is 2.71. The molecule has 1 nitrogen and oxygen atoms in total. The van der Waals surface area contributed by atoms with Crippen LogP contribution in [0, 0.1) is 11.3 Å². The number of alkyl halides is 7. The third-order valence-electron chi connectivity index (χ3n) is 0.935. The molecule has 0 spiro atoms. The molecule has 0 N–H and O–H groups in total. The van der Waals surface area contributed by atoms with Gasteiger partial charge in [-0.2, -0.15) is 27.2 Å². The van der Waals surface area contributed by atoms with Gasteiger partial charge in [0.15, 0.2) is 0 Å². The lowest BCUT2D eigenvalue weighted by Crippen LogP contribution is -2.51. The molecule has 12 heavy (non-hydrogen) atoms. The van der Waals surface area contributed by atoms with Gasteiger partial charge in [-0.15, -0.1) is 0 Å². The highest BCUT2D eigenvalue weighted by atomic mass is 79.9. The third-order valence-corrected chi connectivity index (χ3v) is 1.48. The van der Waals surface area contributed by atoms with Crippen LogP contribution >= 0.6 is 15.9 Å². The van der Waals surface area contributed by atoms with Crippen LogP contribution in [0.1, 0.15) is 0 Å². The molecule has 0 amide bonds. The summed E-state index contributed by atoms with van der Waals surface area (Å²) in [7, 11) is 0. The van der Waals surface area contributed by atoms with Crippen LogP contribution < -0.4 is 0 Å². The number of nitriles is 1. The van der Waals surface area contributed by atoms with Crippen LogP contribution in [0.3, 0.4) is 0 Å². The molecule has 0 aromatic rings. The number of rotatable bonds is 1. The van der Waals surface area contributed by atoms with Gasteiger partial charge in [-0.1, -0.05) is 0 Å². The van der Waals surface area contributed by atoms with Gasteiger partial charge in [0.1, 0.15) is 6.07 Å². The molecule has 0 rings (SSSR count). The lowest BCUT2D eigenvalue weighted by atomic mass is 10.1. The second kappa shape index (κ2) is 2.80. The van der Waals surface area contributed by atoms with E-state index in [-0.39, 0.29) is 6.07 Å². The monoisotopic (exact) mass is 255 g/mol. The molecule has 0 radical (unpaired) electrons. The van der Waals surface area contributed by atoms with E-state index in [1.165, 1.54) is 0 Å². The van der Waals surface area contributed by atoms with Gasteiger partial charge in [0.2, 0.25) is 0 Å². The highest BCUT2D eigenvalue weighted by molar-refractivity contribution is 9.10. The second-order valence-corrected chi connectivity index (χ2v) is 2.76. The molecule has 0 fully saturated rings. The van der Waals surface area contributed by atoms with Gasteiger partial charge in [0.25, 0.3) is 0 Å². The molecule has 0 aliphatic rings. The molecule has 0 saturated carbocycles. The minimum Gasteiger partial charge on any atom is -0.209 e. The van der Waals surface area contributed by atoms with E-state index in [4.69, 9.17) is 5.26 Å². The maximum absolute atomic E-state index is 12.3. The molecular weight excluding hydrogens is 256 g/mol. The van der Waals surface area contributed by atoms with Crippen LogP contribution in [0.2, 0.25) is 0 Å². The SMILES string of the molecule is N#CC(F)(C(F)(F)F)C(F)(F)Br. The summed E-state index contributed by atoms with van der Waals surface area (Å²) >= 11 is 1.15. The Balaban J connectivity index is 5.14. The average Bonchev–Trinajstić information content (AvgIpc) is 1.81. The van der Waals surface area contributed by atoms with Gasteiger partial charge in [-0.3, -0.25) is 0 Å². The lowest BCUT2D eigenvalue weighted by molar-refractivity contribution is -0.251. The molecule has 0 aromatic carbocycles. The maximum atomic E-state index is 12.3. The Labute approximate surface area is 71.1 Å². The largest absolute Gasteiger partial charge is 0.443 e. The van der Waals surface area contributed by atoms with Crippen molar-refractivity contribution in [3.63, 3.8) is 0 Å². The van der Waals surface area contributed by atoms with E-state index in [9.17, 15) is 26.3 Å². The molecule has 1 unspecified atom stereocenters. The maximum Gasteiger partial charge on any atom is 0.443 e. The molecule has 0 heterocycles. The first-order valence-corrected chi connectivity index (χ1v) is 3.09. The molecule has 0 saturated heterocycles. The van der Waals surface area contributed by atoms with Crippen LogP contribution in [-0.4, -0.2) is 16.7 Å². The van der Waals surface area contributed by atoms with Crippen LogP contribution in [0.4, 0.5) is 26.3 Å². The van der Waals surface area contributed by atoms with Crippen molar-refractivity contribution in [3.8, 4) is 6.07 Å². The normalized spacial score (nSPS) is 18.2. The highest BCUT2D eigenvalue weighted by Crippen LogP contribution is 2.47. The van der Waals surface area contributed by atoms with Crippen molar-refractivity contribution in [2.24, 2.45) is 0 Å². The zero-order valence-corrected chi connectivity index (χ0v) is 6.68. The summed E-state index contributed by atoms with van der Waals surface area (Å²) < 4.78 is 70.5. The number of halogens is 7. The van der Waals surface area contributed by atoms with Crippen molar-refractivity contribution in [2.45, 2.75) is 16.7 Å². The van der Waals surface area contributed by atoms with E-state index >= 15 is 0 Å². The predicted molar refractivity (Wildman–Crippen MR) is 29.4 cm³/mol. The first kappa shape index (κ1) is 11.5. The Bertz CT molecular complexity index is 195. The summed E-state index contributed by atoms with van der Waals surface area (Å²) in [5.41, 5.74) is -5.19. The molecule has 8 heteroatoms. The van der Waals surface area contributed by atoms with Crippen LogP contribution in [0.25, 0.3) is 0 Å². The molecular formula is C4BrF6N. The summed E-state index contributed by atoms with van der Waals surface area (Å²) in [6.45, 7) is 0. The standard InChI is InChI=1S/C4BrF6N/c5-3(7,8)2(6,1-12)4(9,10)11. The Morgan fingerprint density at radius 2 is 1.33 bits per heavy atom. The molecule has 0 bridgehead atoms. The van der Waals surface area contributed by atoms with E-state index in [0.29, 0.717) is 0 Å². The van der Waals surface area contributed by atoms with Gasteiger partial charge in [-0.05, 0) is 15.9 Å². The fourth-order valence-corrected chi connectivity index (χ4v) is 0.601. The van der Waals surface area contributed by atoms with Crippen molar-refractivity contribution in [1.29, 1.82) is 5.26 Å². The van der Waals surface area contributed by atoms with Crippen molar-refractivity contribution in [1.82, 2.24) is 0 Å². The predicted octanol–water partition coefficient (Wildman–Crippen LogP) is 2.77. The first-order chi connectivity index (χ1) is 5.06. The summed E-state index contributed by atoms with van der Waals surface area (Å²) in [5, 5.41) is 7.60. The molecule has 0 aliphatic heterocycles. The quantitative estimate of drug-likeness (QED) is 0.522. The summed E-state index contributed by atoms with van der Waals surface area (Å²) in [4.78, 5) is -4.95. The molecule has 70 valence electrons.